The number of rotatable bonds is 8. The third-order valence-electron chi connectivity index (χ3n) is 3.21. The number of hydrogen-bond donors (Lipinski definition) is 0. The standard InChI is InChI=1S/C18H20O5/c1-13-5-4-6-15(9-13)22-7-8-23-18-16(20-2)10-14(12-19)11-17(18)21-3/h4-6,9-12H,7-8H2,1-3H3. The lowest BCUT2D eigenvalue weighted by molar-refractivity contribution is 0.112. The second-order valence-corrected chi connectivity index (χ2v) is 4.89. The van der Waals surface area contributed by atoms with E-state index < -0.39 is 0 Å². The van der Waals surface area contributed by atoms with Crippen LogP contribution in [0.4, 0.5) is 0 Å². The van der Waals surface area contributed by atoms with Crippen LogP contribution in [0.1, 0.15) is 15.9 Å². The van der Waals surface area contributed by atoms with Crippen LogP contribution < -0.4 is 18.9 Å². The molecule has 0 N–H and O–H groups in total. The zero-order valence-electron chi connectivity index (χ0n) is 13.5. The van der Waals surface area contributed by atoms with Gasteiger partial charge in [-0.3, -0.25) is 4.79 Å². The van der Waals surface area contributed by atoms with E-state index in [1.54, 1.807) is 12.1 Å². The van der Waals surface area contributed by atoms with Crippen LogP contribution in [0.5, 0.6) is 23.0 Å². The summed E-state index contributed by atoms with van der Waals surface area (Å²) in [5, 5.41) is 0. The molecule has 0 saturated carbocycles. The first-order valence-electron chi connectivity index (χ1n) is 7.21. The average Bonchev–Trinajstić information content (AvgIpc) is 2.58. The zero-order valence-corrected chi connectivity index (χ0v) is 13.5. The van der Waals surface area contributed by atoms with E-state index >= 15 is 0 Å². The first kappa shape index (κ1) is 16.7. The van der Waals surface area contributed by atoms with Crippen molar-refractivity contribution in [2.24, 2.45) is 0 Å². The highest BCUT2D eigenvalue weighted by atomic mass is 16.6. The minimum Gasteiger partial charge on any atom is -0.493 e. The van der Waals surface area contributed by atoms with Gasteiger partial charge in [-0.2, -0.15) is 0 Å². The number of carbonyl (C=O) groups excluding carboxylic acids is 1. The van der Waals surface area contributed by atoms with Gasteiger partial charge in [-0.1, -0.05) is 12.1 Å². The lowest BCUT2D eigenvalue weighted by Crippen LogP contribution is -2.10. The molecule has 0 bridgehead atoms. The van der Waals surface area contributed by atoms with Crippen LogP contribution in [0, 0.1) is 6.92 Å². The number of aryl methyl sites for hydroxylation is 1. The molecule has 2 aromatic rings. The van der Waals surface area contributed by atoms with Gasteiger partial charge in [-0.15, -0.1) is 0 Å². The summed E-state index contributed by atoms with van der Waals surface area (Å²) in [5.41, 5.74) is 1.60. The number of methoxy groups -OCH3 is 2. The third kappa shape index (κ3) is 4.39. The van der Waals surface area contributed by atoms with Crippen molar-refractivity contribution in [3.63, 3.8) is 0 Å². The van der Waals surface area contributed by atoms with Crippen LogP contribution in [-0.4, -0.2) is 33.7 Å². The largest absolute Gasteiger partial charge is 0.493 e. The van der Waals surface area contributed by atoms with E-state index in [1.807, 2.05) is 31.2 Å². The maximum absolute atomic E-state index is 10.9. The number of aldehydes is 1. The van der Waals surface area contributed by atoms with Crippen molar-refractivity contribution in [3.05, 3.63) is 47.5 Å². The highest BCUT2D eigenvalue weighted by molar-refractivity contribution is 5.78. The monoisotopic (exact) mass is 316 g/mol. The van der Waals surface area contributed by atoms with Gasteiger partial charge in [0.1, 0.15) is 25.2 Å². The zero-order chi connectivity index (χ0) is 16.7. The summed E-state index contributed by atoms with van der Waals surface area (Å²) in [6.07, 6.45) is 0.732. The predicted octanol–water partition coefficient (Wildman–Crippen LogP) is 3.28. The third-order valence-corrected chi connectivity index (χ3v) is 3.21. The van der Waals surface area contributed by atoms with Crippen LogP contribution in [0.25, 0.3) is 0 Å². The Bertz CT molecular complexity index is 641. The Labute approximate surface area is 135 Å². The smallest absolute Gasteiger partial charge is 0.203 e. The van der Waals surface area contributed by atoms with Crippen molar-refractivity contribution in [2.45, 2.75) is 6.92 Å². The Balaban J connectivity index is 2.00. The Morgan fingerprint density at radius 1 is 0.957 bits per heavy atom. The molecule has 2 rings (SSSR count). The van der Waals surface area contributed by atoms with Gasteiger partial charge >= 0.3 is 0 Å². The fourth-order valence-electron chi connectivity index (χ4n) is 2.12. The second-order valence-electron chi connectivity index (χ2n) is 4.89. The van der Waals surface area contributed by atoms with E-state index in [4.69, 9.17) is 18.9 Å². The molecule has 0 aliphatic rings. The highest BCUT2D eigenvalue weighted by Gasteiger charge is 2.14. The van der Waals surface area contributed by atoms with E-state index in [2.05, 4.69) is 0 Å². The van der Waals surface area contributed by atoms with Crippen molar-refractivity contribution in [1.29, 1.82) is 0 Å². The summed E-state index contributed by atoms with van der Waals surface area (Å²) in [5.74, 6) is 2.14. The highest BCUT2D eigenvalue weighted by Crippen LogP contribution is 2.38. The van der Waals surface area contributed by atoms with Crippen molar-refractivity contribution in [3.8, 4) is 23.0 Å². The lowest BCUT2D eigenvalue weighted by atomic mass is 10.2. The fraction of sp³-hybridized carbons (Fsp3) is 0.278. The fourth-order valence-corrected chi connectivity index (χ4v) is 2.12. The average molecular weight is 316 g/mol. The summed E-state index contributed by atoms with van der Waals surface area (Å²) in [4.78, 5) is 10.9. The van der Waals surface area contributed by atoms with E-state index in [1.165, 1.54) is 14.2 Å². The Morgan fingerprint density at radius 3 is 2.17 bits per heavy atom. The second kappa shape index (κ2) is 8.08. The van der Waals surface area contributed by atoms with Gasteiger partial charge in [-0.05, 0) is 36.8 Å². The van der Waals surface area contributed by atoms with Crippen LogP contribution in [0.3, 0.4) is 0 Å². The molecule has 0 saturated heterocycles. The molecule has 0 heterocycles. The predicted molar refractivity (Wildman–Crippen MR) is 87.1 cm³/mol. The maximum Gasteiger partial charge on any atom is 0.203 e. The molecule has 2 aromatic carbocycles. The van der Waals surface area contributed by atoms with Gasteiger partial charge in [0.05, 0.1) is 14.2 Å². The van der Waals surface area contributed by atoms with Gasteiger partial charge in [0.2, 0.25) is 5.75 Å². The molecular formula is C18H20O5. The minimum absolute atomic E-state index is 0.321. The summed E-state index contributed by atoms with van der Waals surface area (Å²) in [6, 6.07) is 11.0. The molecule has 0 aliphatic carbocycles. The number of carbonyl (C=O) groups is 1. The van der Waals surface area contributed by atoms with E-state index in [0.717, 1.165) is 17.6 Å². The number of benzene rings is 2. The van der Waals surface area contributed by atoms with E-state index in [0.29, 0.717) is 36.0 Å². The van der Waals surface area contributed by atoms with Crippen LogP contribution in [0.2, 0.25) is 0 Å². The van der Waals surface area contributed by atoms with Crippen molar-refractivity contribution < 1.29 is 23.7 Å². The molecule has 0 amide bonds. The summed E-state index contributed by atoms with van der Waals surface area (Å²) >= 11 is 0. The van der Waals surface area contributed by atoms with Gasteiger partial charge in [0.15, 0.2) is 11.5 Å². The van der Waals surface area contributed by atoms with Gasteiger partial charge in [0.25, 0.3) is 0 Å². The van der Waals surface area contributed by atoms with Crippen LogP contribution >= 0.6 is 0 Å². The van der Waals surface area contributed by atoms with E-state index in [9.17, 15) is 4.79 Å². The van der Waals surface area contributed by atoms with Gasteiger partial charge in [-0.25, -0.2) is 0 Å². The van der Waals surface area contributed by atoms with Crippen molar-refractivity contribution >= 4 is 6.29 Å². The Hall–Kier alpha value is -2.69. The molecule has 0 unspecified atom stereocenters. The molecule has 23 heavy (non-hydrogen) atoms. The molecule has 5 nitrogen and oxygen atoms in total. The Morgan fingerprint density at radius 2 is 1.61 bits per heavy atom. The summed E-state index contributed by atoms with van der Waals surface area (Å²) in [7, 11) is 3.03. The van der Waals surface area contributed by atoms with E-state index in [-0.39, 0.29) is 0 Å². The lowest BCUT2D eigenvalue weighted by Gasteiger charge is -2.15. The maximum atomic E-state index is 10.9. The first-order chi connectivity index (χ1) is 11.2. The SMILES string of the molecule is COc1cc(C=O)cc(OC)c1OCCOc1cccc(C)c1. The molecule has 0 aromatic heterocycles. The van der Waals surface area contributed by atoms with Gasteiger partial charge < -0.3 is 18.9 Å². The molecule has 0 atom stereocenters. The summed E-state index contributed by atoms with van der Waals surface area (Å²) in [6.45, 7) is 2.71. The molecule has 0 radical (unpaired) electrons. The topological polar surface area (TPSA) is 54.0 Å². The van der Waals surface area contributed by atoms with Crippen molar-refractivity contribution in [2.75, 3.05) is 27.4 Å². The van der Waals surface area contributed by atoms with Crippen molar-refractivity contribution in [1.82, 2.24) is 0 Å². The molecule has 5 heteroatoms. The summed E-state index contributed by atoms with van der Waals surface area (Å²) < 4.78 is 21.9. The molecule has 0 fully saturated rings. The minimum atomic E-state index is 0.321. The van der Waals surface area contributed by atoms with Crippen LogP contribution in [0.15, 0.2) is 36.4 Å². The first-order valence-corrected chi connectivity index (χ1v) is 7.21. The molecule has 0 aliphatic heterocycles. The quantitative estimate of drug-likeness (QED) is 0.552. The normalized spacial score (nSPS) is 10.0. The molecule has 0 spiro atoms. The van der Waals surface area contributed by atoms with Crippen LogP contribution in [-0.2, 0) is 0 Å². The number of ether oxygens (including phenoxy) is 4. The molecular weight excluding hydrogens is 296 g/mol. The Kier molecular flexibility index (Phi) is 5.86. The van der Waals surface area contributed by atoms with Gasteiger partial charge in [0, 0.05) is 5.56 Å². The number of hydrogen-bond acceptors (Lipinski definition) is 5. The molecule has 122 valence electrons.